The topological polar surface area (TPSA) is 59.1 Å². The molecule has 3 aliphatic rings. The summed E-state index contributed by atoms with van der Waals surface area (Å²) in [5.74, 6) is 1.32. The number of nitrogens with zero attached hydrogens (tertiary/aromatic N) is 2. The molecule has 2 fully saturated rings. The van der Waals surface area contributed by atoms with E-state index in [1.165, 1.54) is 6.42 Å². The summed E-state index contributed by atoms with van der Waals surface area (Å²) >= 11 is 0. The summed E-state index contributed by atoms with van der Waals surface area (Å²) in [4.78, 5) is 29.1. The maximum absolute atomic E-state index is 12.7. The van der Waals surface area contributed by atoms with Crippen LogP contribution < -0.4 is 9.47 Å². The zero-order valence-electron chi connectivity index (χ0n) is 16.0. The molecule has 1 saturated heterocycles. The Labute approximate surface area is 160 Å². The zero-order chi connectivity index (χ0) is 18.9. The number of amides is 1. The van der Waals surface area contributed by atoms with E-state index in [1.807, 2.05) is 11.0 Å². The molecule has 1 saturated carbocycles. The molecule has 0 aromatic heterocycles. The standard InChI is InChI=1S/C21H28N2O4/c1-22-9-11-23(12-10-22)20(25)15-26-16-5-6-19-17(13-16)18(24)14-21(27-19)7-3-2-4-8-21/h5-6,13H,2-4,7-12,14-15H2,1H3. The molecule has 1 aromatic rings. The largest absolute Gasteiger partial charge is 0.486 e. The van der Waals surface area contributed by atoms with Gasteiger partial charge in [-0.3, -0.25) is 9.59 Å². The van der Waals surface area contributed by atoms with E-state index in [0.29, 0.717) is 23.5 Å². The van der Waals surface area contributed by atoms with Gasteiger partial charge >= 0.3 is 0 Å². The Bertz CT molecular complexity index is 719. The summed E-state index contributed by atoms with van der Waals surface area (Å²) in [5, 5.41) is 0. The minimum absolute atomic E-state index is 0.00147. The van der Waals surface area contributed by atoms with Gasteiger partial charge in [0.1, 0.15) is 17.1 Å². The number of fused-ring (bicyclic) bond motifs is 1. The molecule has 146 valence electrons. The van der Waals surface area contributed by atoms with Crippen LogP contribution >= 0.6 is 0 Å². The second kappa shape index (κ2) is 7.50. The first-order valence-corrected chi connectivity index (χ1v) is 10.0. The molecular weight excluding hydrogens is 344 g/mol. The van der Waals surface area contributed by atoms with Crippen molar-refractivity contribution in [3.8, 4) is 11.5 Å². The molecule has 0 N–H and O–H groups in total. The second-order valence-corrected chi connectivity index (χ2v) is 8.08. The number of rotatable bonds is 3. The third kappa shape index (κ3) is 3.95. The van der Waals surface area contributed by atoms with Gasteiger partial charge in [-0.15, -0.1) is 0 Å². The number of benzene rings is 1. The first kappa shape index (κ1) is 18.3. The first-order chi connectivity index (χ1) is 13.0. The van der Waals surface area contributed by atoms with Crippen LogP contribution in [0.2, 0.25) is 0 Å². The number of Topliss-reactive ketones (excluding diaryl/α,β-unsaturated/α-hetero) is 1. The Morgan fingerprint density at radius 2 is 1.89 bits per heavy atom. The Kier molecular flexibility index (Phi) is 5.08. The summed E-state index contributed by atoms with van der Waals surface area (Å²) in [5.41, 5.74) is 0.276. The Balaban J connectivity index is 1.39. The fourth-order valence-corrected chi connectivity index (χ4v) is 4.33. The van der Waals surface area contributed by atoms with Crippen molar-refractivity contribution in [1.29, 1.82) is 0 Å². The number of carbonyl (C=O) groups is 2. The van der Waals surface area contributed by atoms with Crippen LogP contribution in [0.1, 0.15) is 48.9 Å². The van der Waals surface area contributed by atoms with Gasteiger partial charge in [0, 0.05) is 26.2 Å². The lowest BCUT2D eigenvalue weighted by atomic mass is 9.78. The minimum atomic E-state index is -0.303. The highest BCUT2D eigenvalue weighted by atomic mass is 16.5. The van der Waals surface area contributed by atoms with Crippen LogP contribution in [0, 0.1) is 0 Å². The Morgan fingerprint density at radius 3 is 2.63 bits per heavy atom. The summed E-state index contributed by atoms with van der Waals surface area (Å²) in [6.07, 6.45) is 5.83. The molecule has 1 amide bonds. The number of ketones is 1. The number of hydrogen-bond acceptors (Lipinski definition) is 5. The molecular formula is C21H28N2O4. The summed E-state index contributed by atoms with van der Waals surface area (Å²) in [7, 11) is 2.06. The molecule has 1 aromatic carbocycles. The molecule has 4 rings (SSSR count). The van der Waals surface area contributed by atoms with Crippen molar-refractivity contribution in [2.24, 2.45) is 0 Å². The lowest BCUT2D eigenvalue weighted by molar-refractivity contribution is -0.134. The first-order valence-electron chi connectivity index (χ1n) is 10.0. The Hall–Kier alpha value is -2.08. The van der Waals surface area contributed by atoms with Crippen LogP contribution in [-0.2, 0) is 4.79 Å². The van der Waals surface area contributed by atoms with Gasteiger partial charge < -0.3 is 19.3 Å². The summed E-state index contributed by atoms with van der Waals surface area (Å²) < 4.78 is 11.9. The van der Waals surface area contributed by atoms with Crippen molar-refractivity contribution in [2.45, 2.75) is 44.1 Å². The van der Waals surface area contributed by atoms with Gasteiger partial charge in [-0.2, -0.15) is 0 Å². The minimum Gasteiger partial charge on any atom is -0.486 e. The normalized spacial score (nSPS) is 22.3. The van der Waals surface area contributed by atoms with Crippen LogP contribution in [-0.4, -0.2) is 66.9 Å². The van der Waals surface area contributed by atoms with Gasteiger partial charge in [-0.25, -0.2) is 0 Å². The Morgan fingerprint density at radius 1 is 1.15 bits per heavy atom. The van der Waals surface area contributed by atoms with E-state index in [1.54, 1.807) is 12.1 Å². The van der Waals surface area contributed by atoms with Gasteiger partial charge in [0.2, 0.25) is 0 Å². The van der Waals surface area contributed by atoms with Crippen molar-refractivity contribution in [2.75, 3.05) is 39.8 Å². The smallest absolute Gasteiger partial charge is 0.260 e. The highest BCUT2D eigenvalue weighted by Gasteiger charge is 2.41. The molecule has 6 heteroatoms. The zero-order valence-corrected chi connectivity index (χ0v) is 16.0. The fourth-order valence-electron chi connectivity index (χ4n) is 4.33. The number of piperazine rings is 1. The van der Waals surface area contributed by atoms with E-state index in [2.05, 4.69) is 11.9 Å². The molecule has 2 heterocycles. The van der Waals surface area contributed by atoms with Crippen molar-refractivity contribution in [1.82, 2.24) is 9.80 Å². The van der Waals surface area contributed by atoms with Gasteiger partial charge in [0.15, 0.2) is 12.4 Å². The van der Waals surface area contributed by atoms with Crippen LogP contribution in [0.4, 0.5) is 0 Å². The molecule has 0 unspecified atom stereocenters. The maximum Gasteiger partial charge on any atom is 0.260 e. The van der Waals surface area contributed by atoms with Crippen molar-refractivity contribution >= 4 is 11.7 Å². The number of ether oxygens (including phenoxy) is 2. The van der Waals surface area contributed by atoms with Gasteiger partial charge in [-0.05, 0) is 50.9 Å². The third-order valence-corrected chi connectivity index (χ3v) is 6.04. The average molecular weight is 372 g/mol. The SMILES string of the molecule is CN1CCN(C(=O)COc2ccc3c(c2)C(=O)CC2(CCCCC2)O3)CC1. The van der Waals surface area contributed by atoms with Gasteiger partial charge in [0.25, 0.3) is 5.91 Å². The van der Waals surface area contributed by atoms with E-state index in [9.17, 15) is 9.59 Å². The number of likely N-dealkylation sites (N-methyl/N-ethyl adjacent to an activating group) is 1. The van der Waals surface area contributed by atoms with Gasteiger partial charge in [0.05, 0.1) is 12.0 Å². The lowest BCUT2D eigenvalue weighted by Crippen LogP contribution is -2.48. The van der Waals surface area contributed by atoms with E-state index in [-0.39, 0.29) is 23.9 Å². The van der Waals surface area contributed by atoms with E-state index in [0.717, 1.165) is 51.9 Å². The highest BCUT2D eigenvalue weighted by molar-refractivity contribution is 6.00. The molecule has 0 atom stereocenters. The van der Waals surface area contributed by atoms with E-state index < -0.39 is 0 Å². The molecule has 1 aliphatic carbocycles. The molecule has 0 bridgehead atoms. The fraction of sp³-hybridized carbons (Fsp3) is 0.619. The quantitative estimate of drug-likeness (QED) is 0.816. The van der Waals surface area contributed by atoms with E-state index in [4.69, 9.17) is 9.47 Å². The second-order valence-electron chi connectivity index (χ2n) is 8.08. The van der Waals surface area contributed by atoms with Crippen LogP contribution in [0.25, 0.3) is 0 Å². The molecule has 2 aliphatic heterocycles. The van der Waals surface area contributed by atoms with Crippen LogP contribution in [0.5, 0.6) is 11.5 Å². The summed E-state index contributed by atoms with van der Waals surface area (Å²) in [6, 6.07) is 5.34. The molecule has 0 radical (unpaired) electrons. The highest BCUT2D eigenvalue weighted by Crippen LogP contribution is 2.42. The van der Waals surface area contributed by atoms with Crippen molar-refractivity contribution in [3.63, 3.8) is 0 Å². The lowest BCUT2D eigenvalue weighted by Gasteiger charge is -2.40. The van der Waals surface area contributed by atoms with Crippen LogP contribution in [0.3, 0.4) is 0 Å². The molecule has 27 heavy (non-hydrogen) atoms. The third-order valence-electron chi connectivity index (χ3n) is 6.04. The van der Waals surface area contributed by atoms with Gasteiger partial charge in [-0.1, -0.05) is 6.42 Å². The number of carbonyl (C=O) groups excluding carboxylic acids is 2. The predicted molar refractivity (Wildman–Crippen MR) is 101 cm³/mol. The monoisotopic (exact) mass is 372 g/mol. The molecule has 6 nitrogen and oxygen atoms in total. The maximum atomic E-state index is 12.7. The van der Waals surface area contributed by atoms with E-state index >= 15 is 0 Å². The van der Waals surface area contributed by atoms with Crippen molar-refractivity contribution in [3.05, 3.63) is 23.8 Å². The molecule has 1 spiro atoms. The van der Waals surface area contributed by atoms with Crippen LogP contribution in [0.15, 0.2) is 18.2 Å². The number of hydrogen-bond donors (Lipinski definition) is 0. The average Bonchev–Trinajstić information content (AvgIpc) is 2.67. The van der Waals surface area contributed by atoms with Crippen molar-refractivity contribution < 1.29 is 19.1 Å². The predicted octanol–water partition coefficient (Wildman–Crippen LogP) is 2.51. The summed E-state index contributed by atoms with van der Waals surface area (Å²) in [6.45, 7) is 3.24.